The Morgan fingerprint density at radius 2 is 2.10 bits per heavy atom. The van der Waals surface area contributed by atoms with Crippen molar-refractivity contribution in [1.29, 1.82) is 0 Å². The third kappa shape index (κ3) is 3.72. The van der Waals surface area contributed by atoms with Crippen LogP contribution in [0.25, 0.3) is 0 Å². The van der Waals surface area contributed by atoms with Gasteiger partial charge in [0.15, 0.2) is 5.84 Å². The summed E-state index contributed by atoms with van der Waals surface area (Å²) in [7, 11) is 0. The standard InChI is InChI=1S/C15H15BrFN3O/c1-9-6-10(15(18)20-21)2-3-11(9)8-19-12-4-5-14(17)13(16)7-12/h2-7,19,21H,8H2,1H3,(H2,18,20). The lowest BCUT2D eigenvalue weighted by atomic mass is 10.0. The zero-order chi connectivity index (χ0) is 15.4. The highest BCUT2D eigenvalue weighted by Gasteiger charge is 2.05. The predicted molar refractivity (Wildman–Crippen MR) is 85.1 cm³/mol. The fourth-order valence-corrected chi connectivity index (χ4v) is 2.29. The van der Waals surface area contributed by atoms with Crippen molar-refractivity contribution in [2.75, 3.05) is 5.32 Å². The molecule has 2 aromatic carbocycles. The van der Waals surface area contributed by atoms with Crippen LogP contribution in [0.3, 0.4) is 0 Å². The van der Waals surface area contributed by atoms with Crippen LogP contribution in [0, 0.1) is 12.7 Å². The van der Waals surface area contributed by atoms with Crippen LogP contribution >= 0.6 is 15.9 Å². The Hall–Kier alpha value is -2.08. The van der Waals surface area contributed by atoms with E-state index in [9.17, 15) is 4.39 Å². The van der Waals surface area contributed by atoms with Gasteiger partial charge in [-0.15, -0.1) is 0 Å². The molecule has 0 fully saturated rings. The zero-order valence-electron chi connectivity index (χ0n) is 11.4. The third-order valence-electron chi connectivity index (χ3n) is 3.15. The van der Waals surface area contributed by atoms with Crippen LogP contribution < -0.4 is 11.1 Å². The smallest absolute Gasteiger partial charge is 0.170 e. The van der Waals surface area contributed by atoms with Crippen LogP contribution in [0.15, 0.2) is 46.0 Å². The molecule has 0 atom stereocenters. The number of nitrogens with one attached hydrogen (secondary N) is 1. The Balaban J connectivity index is 2.11. The van der Waals surface area contributed by atoms with Gasteiger partial charge in [0.2, 0.25) is 0 Å². The number of oxime groups is 1. The maximum absolute atomic E-state index is 13.2. The van der Waals surface area contributed by atoms with Gasteiger partial charge in [0.25, 0.3) is 0 Å². The molecule has 2 rings (SSSR count). The number of hydrogen-bond acceptors (Lipinski definition) is 3. The van der Waals surface area contributed by atoms with Crippen molar-refractivity contribution < 1.29 is 9.60 Å². The number of rotatable bonds is 4. The summed E-state index contributed by atoms with van der Waals surface area (Å²) in [5.74, 6) is -0.208. The van der Waals surface area contributed by atoms with Crippen molar-refractivity contribution in [1.82, 2.24) is 0 Å². The summed E-state index contributed by atoms with van der Waals surface area (Å²) in [4.78, 5) is 0. The van der Waals surface area contributed by atoms with Gasteiger partial charge in [-0.3, -0.25) is 0 Å². The van der Waals surface area contributed by atoms with Crippen LogP contribution in [0.5, 0.6) is 0 Å². The van der Waals surface area contributed by atoms with E-state index in [4.69, 9.17) is 10.9 Å². The minimum atomic E-state index is -0.292. The summed E-state index contributed by atoms with van der Waals surface area (Å²) in [6, 6.07) is 10.3. The van der Waals surface area contributed by atoms with Gasteiger partial charge < -0.3 is 16.3 Å². The van der Waals surface area contributed by atoms with E-state index in [1.54, 1.807) is 18.2 Å². The number of halogens is 2. The van der Waals surface area contributed by atoms with Crippen molar-refractivity contribution in [3.8, 4) is 0 Å². The molecule has 0 amide bonds. The molecule has 6 heteroatoms. The summed E-state index contributed by atoms with van der Waals surface area (Å²) < 4.78 is 13.6. The first kappa shape index (κ1) is 15.3. The Morgan fingerprint density at radius 1 is 1.33 bits per heavy atom. The fourth-order valence-electron chi connectivity index (χ4n) is 1.91. The molecule has 0 aliphatic heterocycles. The predicted octanol–water partition coefficient (Wildman–Crippen LogP) is 3.60. The molecule has 0 saturated heterocycles. The van der Waals surface area contributed by atoms with Crippen molar-refractivity contribution in [3.63, 3.8) is 0 Å². The maximum Gasteiger partial charge on any atom is 0.170 e. The van der Waals surface area contributed by atoms with Gasteiger partial charge in [-0.1, -0.05) is 17.3 Å². The molecule has 4 nitrogen and oxygen atoms in total. The van der Waals surface area contributed by atoms with E-state index in [0.717, 1.165) is 16.8 Å². The van der Waals surface area contributed by atoms with E-state index < -0.39 is 0 Å². The van der Waals surface area contributed by atoms with Gasteiger partial charge in [0.1, 0.15) is 5.82 Å². The van der Waals surface area contributed by atoms with Gasteiger partial charge in [0.05, 0.1) is 4.47 Å². The van der Waals surface area contributed by atoms with Crippen molar-refractivity contribution in [2.24, 2.45) is 10.9 Å². The van der Waals surface area contributed by atoms with Crippen molar-refractivity contribution in [3.05, 3.63) is 63.4 Å². The second-order valence-electron chi connectivity index (χ2n) is 4.61. The number of anilines is 1. The van der Waals surface area contributed by atoms with Crippen LogP contribution in [0.4, 0.5) is 10.1 Å². The quantitative estimate of drug-likeness (QED) is 0.341. The average molecular weight is 352 g/mol. The number of nitrogens with two attached hydrogens (primary N) is 1. The number of hydrogen-bond donors (Lipinski definition) is 3. The van der Waals surface area contributed by atoms with Crippen molar-refractivity contribution in [2.45, 2.75) is 13.5 Å². The fraction of sp³-hybridized carbons (Fsp3) is 0.133. The molecular weight excluding hydrogens is 337 g/mol. The Bertz CT molecular complexity index is 689. The number of benzene rings is 2. The lowest BCUT2D eigenvalue weighted by Crippen LogP contribution is -2.13. The van der Waals surface area contributed by atoms with E-state index in [1.807, 2.05) is 19.1 Å². The third-order valence-corrected chi connectivity index (χ3v) is 3.76. The second kappa shape index (κ2) is 6.58. The molecule has 0 spiro atoms. The normalized spacial score (nSPS) is 11.5. The lowest BCUT2D eigenvalue weighted by molar-refractivity contribution is 0.318. The molecule has 0 heterocycles. The van der Waals surface area contributed by atoms with Crippen LogP contribution in [0.1, 0.15) is 16.7 Å². The lowest BCUT2D eigenvalue weighted by Gasteiger charge is -2.11. The van der Waals surface area contributed by atoms with E-state index in [0.29, 0.717) is 16.6 Å². The summed E-state index contributed by atoms with van der Waals surface area (Å²) in [6.45, 7) is 2.55. The summed E-state index contributed by atoms with van der Waals surface area (Å²) in [5, 5.41) is 14.9. The molecule has 4 N–H and O–H groups in total. The molecule has 0 aromatic heterocycles. The molecule has 0 aliphatic rings. The van der Waals surface area contributed by atoms with E-state index in [2.05, 4.69) is 26.4 Å². The molecule has 110 valence electrons. The number of amidine groups is 1. The zero-order valence-corrected chi connectivity index (χ0v) is 13.0. The number of nitrogens with zero attached hydrogens (tertiary/aromatic N) is 1. The summed E-state index contributed by atoms with van der Waals surface area (Å²) in [6.07, 6.45) is 0. The topological polar surface area (TPSA) is 70.6 Å². The summed E-state index contributed by atoms with van der Waals surface area (Å²) >= 11 is 3.15. The molecule has 0 bridgehead atoms. The molecule has 0 radical (unpaired) electrons. The average Bonchev–Trinajstić information content (AvgIpc) is 2.48. The van der Waals surface area contributed by atoms with Gasteiger partial charge >= 0.3 is 0 Å². The first-order valence-corrected chi connectivity index (χ1v) is 7.07. The first-order valence-electron chi connectivity index (χ1n) is 6.27. The summed E-state index contributed by atoms with van der Waals surface area (Å²) in [5.41, 5.74) is 9.14. The van der Waals surface area contributed by atoms with Crippen molar-refractivity contribution >= 4 is 27.5 Å². The Labute approximate surface area is 130 Å². The molecule has 0 unspecified atom stereocenters. The minimum Gasteiger partial charge on any atom is -0.409 e. The van der Waals surface area contributed by atoms with Gasteiger partial charge in [0, 0.05) is 17.8 Å². The van der Waals surface area contributed by atoms with E-state index in [1.165, 1.54) is 6.07 Å². The monoisotopic (exact) mass is 351 g/mol. The SMILES string of the molecule is Cc1cc(/C(N)=N/O)ccc1CNc1ccc(F)c(Br)c1. The largest absolute Gasteiger partial charge is 0.409 e. The minimum absolute atomic E-state index is 0.0834. The van der Waals surface area contributed by atoms with Gasteiger partial charge in [-0.2, -0.15) is 0 Å². The molecular formula is C15H15BrFN3O. The maximum atomic E-state index is 13.2. The van der Waals surface area contributed by atoms with Gasteiger partial charge in [-0.05, 0) is 58.2 Å². The molecule has 0 aliphatic carbocycles. The Morgan fingerprint density at radius 3 is 2.71 bits per heavy atom. The highest BCUT2D eigenvalue weighted by Crippen LogP contribution is 2.21. The van der Waals surface area contributed by atoms with E-state index >= 15 is 0 Å². The second-order valence-corrected chi connectivity index (χ2v) is 5.46. The highest BCUT2D eigenvalue weighted by molar-refractivity contribution is 9.10. The molecule has 2 aromatic rings. The van der Waals surface area contributed by atoms with Crippen LogP contribution in [-0.2, 0) is 6.54 Å². The van der Waals surface area contributed by atoms with E-state index in [-0.39, 0.29) is 11.7 Å². The molecule has 21 heavy (non-hydrogen) atoms. The molecule has 0 saturated carbocycles. The number of aryl methyl sites for hydroxylation is 1. The van der Waals surface area contributed by atoms with Crippen LogP contribution in [0.2, 0.25) is 0 Å². The van der Waals surface area contributed by atoms with Crippen LogP contribution in [-0.4, -0.2) is 11.0 Å². The Kier molecular flexibility index (Phi) is 4.80. The first-order chi connectivity index (χ1) is 10.0. The van der Waals surface area contributed by atoms with Gasteiger partial charge in [-0.25, -0.2) is 4.39 Å². The highest BCUT2D eigenvalue weighted by atomic mass is 79.9.